The summed E-state index contributed by atoms with van der Waals surface area (Å²) >= 11 is 0. The number of amides is 1. The van der Waals surface area contributed by atoms with Gasteiger partial charge in [-0.1, -0.05) is 0 Å². The van der Waals surface area contributed by atoms with Gasteiger partial charge in [0.1, 0.15) is 11.9 Å². The number of nitrogens with zero attached hydrogens (tertiary/aromatic N) is 3. The molecule has 1 aromatic heterocycles. The van der Waals surface area contributed by atoms with Crippen LogP contribution in [0.25, 0.3) is 0 Å². The number of carbonyl (C=O) groups excluding carboxylic acids is 1. The van der Waals surface area contributed by atoms with Crippen molar-refractivity contribution in [2.75, 3.05) is 19.7 Å². The fourth-order valence-electron chi connectivity index (χ4n) is 2.75. The second-order valence-electron chi connectivity index (χ2n) is 6.02. The summed E-state index contributed by atoms with van der Waals surface area (Å²) in [7, 11) is -3.67. The van der Waals surface area contributed by atoms with E-state index in [0.29, 0.717) is 24.6 Å². The monoisotopic (exact) mass is 392 g/mol. The molecule has 10 heteroatoms. The highest BCUT2D eigenvalue weighted by Gasteiger charge is 2.31. The van der Waals surface area contributed by atoms with E-state index in [1.165, 1.54) is 41.0 Å². The molecule has 1 fully saturated rings. The van der Waals surface area contributed by atoms with E-state index in [0.717, 1.165) is 6.42 Å². The van der Waals surface area contributed by atoms with Crippen molar-refractivity contribution in [2.24, 2.45) is 5.73 Å². The first-order valence-corrected chi connectivity index (χ1v) is 9.83. The third kappa shape index (κ3) is 4.92. The van der Waals surface area contributed by atoms with Crippen molar-refractivity contribution in [3.05, 3.63) is 42.9 Å². The molecule has 1 aromatic carbocycles. The minimum absolute atomic E-state index is 0.147. The van der Waals surface area contributed by atoms with Gasteiger partial charge in [-0.3, -0.25) is 9.78 Å². The van der Waals surface area contributed by atoms with E-state index < -0.39 is 15.9 Å². The lowest BCUT2D eigenvalue weighted by Gasteiger charge is -2.31. The summed E-state index contributed by atoms with van der Waals surface area (Å²) in [5, 5.41) is 0. The lowest BCUT2D eigenvalue weighted by Crippen LogP contribution is -2.44. The Balaban J connectivity index is 1.67. The number of nitrogens with two attached hydrogens (primary N) is 1. The lowest BCUT2D eigenvalue weighted by atomic mass is 10.1. The molecule has 0 radical (unpaired) electrons. The Kier molecular flexibility index (Phi) is 5.87. The summed E-state index contributed by atoms with van der Waals surface area (Å²) in [6.45, 7) is 0.390. The molecule has 1 atom stereocenters. The maximum atomic E-state index is 12.9. The fraction of sp³-hybridized carbons (Fsp3) is 0.353. The molecule has 2 N–H and O–H groups in total. The van der Waals surface area contributed by atoms with Crippen molar-refractivity contribution in [1.82, 2.24) is 14.3 Å². The van der Waals surface area contributed by atoms with Crippen molar-refractivity contribution in [1.29, 1.82) is 0 Å². The van der Waals surface area contributed by atoms with Gasteiger partial charge in [-0.2, -0.15) is 4.31 Å². The normalized spacial score (nSPS) is 18.0. The number of carbonyl (C=O) groups is 1. The SMILES string of the molecule is NC(=O)COc1ccc(S(=O)(=O)N2CCC[C@@H](Oc3cnccn3)C2)cc1. The highest BCUT2D eigenvalue weighted by Crippen LogP contribution is 2.24. The molecule has 0 bridgehead atoms. The van der Waals surface area contributed by atoms with E-state index in [-0.39, 0.29) is 24.2 Å². The molecule has 27 heavy (non-hydrogen) atoms. The molecule has 144 valence electrons. The van der Waals surface area contributed by atoms with Crippen LogP contribution in [-0.2, 0) is 14.8 Å². The van der Waals surface area contributed by atoms with E-state index in [2.05, 4.69) is 9.97 Å². The van der Waals surface area contributed by atoms with Crippen LogP contribution in [0.15, 0.2) is 47.8 Å². The zero-order chi connectivity index (χ0) is 19.3. The minimum atomic E-state index is -3.67. The summed E-state index contributed by atoms with van der Waals surface area (Å²) in [5.41, 5.74) is 5.02. The maximum absolute atomic E-state index is 12.9. The highest BCUT2D eigenvalue weighted by atomic mass is 32.2. The topological polar surface area (TPSA) is 125 Å². The van der Waals surface area contributed by atoms with Crippen LogP contribution in [0.1, 0.15) is 12.8 Å². The average molecular weight is 392 g/mol. The second-order valence-corrected chi connectivity index (χ2v) is 7.95. The van der Waals surface area contributed by atoms with Crippen LogP contribution in [0.5, 0.6) is 11.6 Å². The minimum Gasteiger partial charge on any atom is -0.484 e. The van der Waals surface area contributed by atoms with Crippen LogP contribution in [0.4, 0.5) is 0 Å². The summed E-state index contributed by atoms with van der Waals surface area (Å²) < 4.78 is 38.1. The first kappa shape index (κ1) is 19.1. The highest BCUT2D eigenvalue weighted by molar-refractivity contribution is 7.89. The van der Waals surface area contributed by atoms with E-state index in [4.69, 9.17) is 15.2 Å². The molecule has 1 aliphatic rings. The summed E-state index contributed by atoms with van der Waals surface area (Å²) in [5.74, 6) is 0.141. The molecule has 1 aliphatic heterocycles. The molecule has 9 nitrogen and oxygen atoms in total. The van der Waals surface area contributed by atoms with Crippen LogP contribution in [-0.4, -0.2) is 54.4 Å². The molecule has 0 saturated carbocycles. The molecule has 1 amide bonds. The fourth-order valence-corrected chi connectivity index (χ4v) is 4.26. The van der Waals surface area contributed by atoms with Gasteiger partial charge in [0.15, 0.2) is 6.61 Å². The van der Waals surface area contributed by atoms with Gasteiger partial charge in [-0.05, 0) is 37.1 Å². The molecule has 2 aromatic rings. The van der Waals surface area contributed by atoms with Gasteiger partial charge in [0.05, 0.1) is 17.6 Å². The molecule has 1 saturated heterocycles. The van der Waals surface area contributed by atoms with Gasteiger partial charge in [0.2, 0.25) is 15.9 Å². The zero-order valence-corrected chi connectivity index (χ0v) is 15.3. The number of sulfonamides is 1. The summed E-state index contributed by atoms with van der Waals surface area (Å²) in [4.78, 5) is 18.9. The average Bonchev–Trinajstić information content (AvgIpc) is 2.68. The van der Waals surface area contributed by atoms with Crippen LogP contribution in [0.2, 0.25) is 0 Å². The Hall–Kier alpha value is -2.72. The molecular formula is C17H20N4O5S. The Morgan fingerprint density at radius 2 is 2.04 bits per heavy atom. The number of aromatic nitrogens is 2. The number of ether oxygens (including phenoxy) is 2. The van der Waals surface area contributed by atoms with E-state index >= 15 is 0 Å². The quantitative estimate of drug-likeness (QED) is 0.730. The summed E-state index contributed by atoms with van der Waals surface area (Å²) in [6, 6.07) is 5.87. The van der Waals surface area contributed by atoms with Crippen LogP contribution in [0.3, 0.4) is 0 Å². The molecule has 3 rings (SSSR count). The zero-order valence-electron chi connectivity index (χ0n) is 14.5. The molecule has 2 heterocycles. The predicted molar refractivity (Wildman–Crippen MR) is 95.6 cm³/mol. The van der Waals surface area contributed by atoms with E-state index in [1.54, 1.807) is 6.20 Å². The van der Waals surface area contributed by atoms with Gasteiger partial charge in [-0.25, -0.2) is 13.4 Å². The first-order valence-electron chi connectivity index (χ1n) is 8.39. The predicted octanol–water partition coefficient (Wildman–Crippen LogP) is 0.573. The van der Waals surface area contributed by atoms with Gasteiger partial charge in [-0.15, -0.1) is 0 Å². The number of hydrogen-bond acceptors (Lipinski definition) is 7. The van der Waals surface area contributed by atoms with Crippen LogP contribution in [0, 0.1) is 0 Å². The third-order valence-electron chi connectivity index (χ3n) is 4.01. The lowest BCUT2D eigenvalue weighted by molar-refractivity contribution is -0.119. The second kappa shape index (κ2) is 8.31. The van der Waals surface area contributed by atoms with Crippen molar-refractivity contribution in [3.8, 4) is 11.6 Å². The first-order chi connectivity index (χ1) is 12.9. The summed E-state index contributed by atoms with van der Waals surface area (Å²) in [6.07, 6.45) is 5.70. The Labute approximate surface area is 157 Å². The standard InChI is InChI=1S/C17H20N4O5S/c18-16(22)12-25-13-3-5-15(6-4-13)27(23,24)21-9-1-2-14(11-21)26-17-10-19-7-8-20-17/h3-8,10,14H,1-2,9,11-12H2,(H2,18,22)/t14-/m1/s1. The molecule has 0 unspecified atom stereocenters. The van der Waals surface area contributed by atoms with E-state index in [1.807, 2.05) is 0 Å². The number of primary amides is 1. The number of hydrogen-bond donors (Lipinski definition) is 1. The van der Waals surface area contributed by atoms with Gasteiger partial charge < -0.3 is 15.2 Å². The van der Waals surface area contributed by atoms with Crippen molar-refractivity contribution in [2.45, 2.75) is 23.8 Å². The van der Waals surface area contributed by atoms with Crippen molar-refractivity contribution < 1.29 is 22.7 Å². The number of rotatable bonds is 7. The maximum Gasteiger partial charge on any atom is 0.255 e. The Morgan fingerprint density at radius 1 is 1.26 bits per heavy atom. The molecular weight excluding hydrogens is 372 g/mol. The van der Waals surface area contributed by atoms with Gasteiger partial charge in [0, 0.05) is 18.9 Å². The Bertz CT molecular complexity index is 874. The van der Waals surface area contributed by atoms with Crippen LogP contribution >= 0.6 is 0 Å². The van der Waals surface area contributed by atoms with Gasteiger partial charge in [0.25, 0.3) is 5.91 Å². The van der Waals surface area contributed by atoms with Gasteiger partial charge >= 0.3 is 0 Å². The smallest absolute Gasteiger partial charge is 0.255 e. The van der Waals surface area contributed by atoms with E-state index in [9.17, 15) is 13.2 Å². The third-order valence-corrected chi connectivity index (χ3v) is 5.89. The number of piperidine rings is 1. The van der Waals surface area contributed by atoms with Crippen molar-refractivity contribution >= 4 is 15.9 Å². The Morgan fingerprint density at radius 3 is 2.70 bits per heavy atom. The largest absolute Gasteiger partial charge is 0.484 e. The molecule has 0 spiro atoms. The molecule has 0 aliphatic carbocycles. The van der Waals surface area contributed by atoms with Crippen molar-refractivity contribution in [3.63, 3.8) is 0 Å². The number of benzene rings is 1. The van der Waals surface area contributed by atoms with Crippen LogP contribution < -0.4 is 15.2 Å².